The zero-order valence-electron chi connectivity index (χ0n) is 18.8. The molecular weight excluding hydrogens is 436 g/mol. The smallest absolute Gasteiger partial charge is 0.255 e. The maximum absolute atomic E-state index is 13.6. The summed E-state index contributed by atoms with van der Waals surface area (Å²) in [5.74, 6) is -0.429. The number of fused-ring (bicyclic) bond motifs is 2. The lowest BCUT2D eigenvalue weighted by atomic mass is 9.93. The summed E-state index contributed by atoms with van der Waals surface area (Å²) in [4.78, 5) is 35.9. The first kappa shape index (κ1) is 20.9. The topological polar surface area (TPSA) is 78.1 Å². The highest BCUT2D eigenvalue weighted by molar-refractivity contribution is 6.05. The number of pyridine rings is 1. The molecule has 0 aliphatic carbocycles. The Balaban J connectivity index is 1.49. The molecule has 0 radical (unpaired) electrons. The number of rotatable bonds is 5. The molecule has 3 heterocycles. The van der Waals surface area contributed by atoms with Crippen LogP contribution in [-0.2, 0) is 4.79 Å². The molecule has 1 aliphatic heterocycles. The second-order valence-corrected chi connectivity index (χ2v) is 8.54. The van der Waals surface area contributed by atoms with Crippen molar-refractivity contribution in [1.29, 1.82) is 0 Å². The summed E-state index contributed by atoms with van der Waals surface area (Å²) in [7, 11) is 0. The molecule has 5 aromatic rings. The highest BCUT2D eigenvalue weighted by Crippen LogP contribution is 2.45. The first-order valence-corrected chi connectivity index (χ1v) is 11.5. The number of anilines is 1. The molecular formula is C29H22N4O2. The Morgan fingerprint density at radius 1 is 0.914 bits per heavy atom. The standard InChI is InChI=1S/C29H22N4O2/c34-25(31-20-11-8-16-30-17-20)18-33-28(21-12-4-5-13-22(21)29(33)35)26-23-14-6-7-15-24(23)32-27(26)19-9-2-1-3-10-19/h1-17,28,32H,18H2,(H,31,34)/t28-/m0/s1. The van der Waals surface area contributed by atoms with Crippen LogP contribution in [-0.4, -0.2) is 33.2 Å². The summed E-state index contributed by atoms with van der Waals surface area (Å²) in [5, 5.41) is 3.89. The van der Waals surface area contributed by atoms with Crippen LogP contribution in [0.4, 0.5) is 5.69 Å². The molecule has 0 saturated heterocycles. The third-order valence-corrected chi connectivity index (χ3v) is 6.40. The van der Waals surface area contributed by atoms with E-state index in [1.54, 1.807) is 29.4 Å². The van der Waals surface area contributed by atoms with Crippen molar-refractivity contribution in [3.8, 4) is 11.3 Å². The van der Waals surface area contributed by atoms with Gasteiger partial charge < -0.3 is 15.2 Å². The second-order valence-electron chi connectivity index (χ2n) is 8.54. The minimum absolute atomic E-state index is 0.0825. The monoisotopic (exact) mass is 458 g/mol. The molecule has 6 rings (SSSR count). The largest absolute Gasteiger partial charge is 0.354 e. The predicted molar refractivity (Wildman–Crippen MR) is 136 cm³/mol. The molecule has 1 aliphatic rings. The Morgan fingerprint density at radius 3 is 2.51 bits per heavy atom. The minimum Gasteiger partial charge on any atom is -0.354 e. The average molecular weight is 459 g/mol. The SMILES string of the molecule is O=C(CN1C(=O)c2ccccc2[C@H]1c1c(-c2ccccc2)[nH]c2ccccc12)Nc1cccnc1. The van der Waals surface area contributed by atoms with E-state index in [-0.39, 0.29) is 18.4 Å². The fourth-order valence-corrected chi connectivity index (χ4v) is 4.92. The van der Waals surface area contributed by atoms with Crippen LogP contribution in [0.3, 0.4) is 0 Å². The lowest BCUT2D eigenvalue weighted by Gasteiger charge is -2.26. The molecule has 0 spiro atoms. The van der Waals surface area contributed by atoms with E-state index >= 15 is 0 Å². The van der Waals surface area contributed by atoms with Gasteiger partial charge in [0.1, 0.15) is 6.54 Å². The van der Waals surface area contributed by atoms with Crippen LogP contribution in [0, 0.1) is 0 Å². The number of nitrogens with zero attached hydrogens (tertiary/aromatic N) is 2. The van der Waals surface area contributed by atoms with Gasteiger partial charge in [0.05, 0.1) is 23.6 Å². The molecule has 0 fully saturated rings. The number of amides is 2. The van der Waals surface area contributed by atoms with Gasteiger partial charge in [-0.15, -0.1) is 0 Å². The highest BCUT2D eigenvalue weighted by atomic mass is 16.2. The number of hydrogen-bond donors (Lipinski definition) is 2. The quantitative estimate of drug-likeness (QED) is 0.369. The van der Waals surface area contributed by atoms with E-state index in [0.717, 1.165) is 33.3 Å². The van der Waals surface area contributed by atoms with Gasteiger partial charge in [-0.25, -0.2) is 0 Å². The molecule has 6 nitrogen and oxygen atoms in total. The van der Waals surface area contributed by atoms with Crippen molar-refractivity contribution in [1.82, 2.24) is 14.9 Å². The maximum Gasteiger partial charge on any atom is 0.255 e. The van der Waals surface area contributed by atoms with E-state index in [1.807, 2.05) is 60.7 Å². The van der Waals surface area contributed by atoms with Gasteiger partial charge in [-0.3, -0.25) is 14.6 Å². The molecule has 2 amide bonds. The van der Waals surface area contributed by atoms with Crippen LogP contribution < -0.4 is 5.32 Å². The molecule has 35 heavy (non-hydrogen) atoms. The van der Waals surface area contributed by atoms with E-state index in [2.05, 4.69) is 33.5 Å². The molecule has 2 aromatic heterocycles. The van der Waals surface area contributed by atoms with E-state index in [1.165, 1.54) is 0 Å². The number of carbonyl (C=O) groups is 2. The van der Waals surface area contributed by atoms with E-state index in [0.29, 0.717) is 11.3 Å². The lowest BCUT2D eigenvalue weighted by Crippen LogP contribution is -2.36. The molecule has 6 heteroatoms. The number of nitrogens with one attached hydrogen (secondary N) is 2. The number of carbonyl (C=O) groups excluding carboxylic acids is 2. The van der Waals surface area contributed by atoms with Crippen LogP contribution in [0.5, 0.6) is 0 Å². The van der Waals surface area contributed by atoms with Crippen LogP contribution in [0.25, 0.3) is 22.2 Å². The van der Waals surface area contributed by atoms with Gasteiger partial charge in [-0.1, -0.05) is 66.7 Å². The van der Waals surface area contributed by atoms with Crippen molar-refractivity contribution in [2.45, 2.75) is 6.04 Å². The summed E-state index contributed by atoms with van der Waals surface area (Å²) in [6, 6.07) is 28.9. The van der Waals surface area contributed by atoms with Crippen LogP contribution in [0.1, 0.15) is 27.5 Å². The van der Waals surface area contributed by atoms with Gasteiger partial charge in [0.15, 0.2) is 0 Å². The van der Waals surface area contributed by atoms with Gasteiger partial charge in [0, 0.05) is 28.2 Å². The van der Waals surface area contributed by atoms with Crippen molar-refractivity contribution in [3.63, 3.8) is 0 Å². The van der Waals surface area contributed by atoms with Crippen molar-refractivity contribution in [2.75, 3.05) is 11.9 Å². The first-order valence-electron chi connectivity index (χ1n) is 11.5. The number of aromatic amines is 1. The van der Waals surface area contributed by atoms with Crippen LogP contribution in [0.2, 0.25) is 0 Å². The summed E-state index contributed by atoms with van der Waals surface area (Å²) in [6.07, 6.45) is 3.23. The molecule has 2 N–H and O–H groups in total. The zero-order chi connectivity index (χ0) is 23.8. The van der Waals surface area contributed by atoms with Crippen LogP contribution in [0.15, 0.2) is 103 Å². The Kier molecular flexibility index (Phi) is 5.11. The van der Waals surface area contributed by atoms with Crippen molar-refractivity contribution >= 4 is 28.4 Å². The highest BCUT2D eigenvalue weighted by Gasteiger charge is 2.40. The summed E-state index contributed by atoms with van der Waals surface area (Å²) in [6.45, 7) is -0.0825. The summed E-state index contributed by atoms with van der Waals surface area (Å²) in [5.41, 5.74) is 6.05. The molecule has 0 unspecified atom stereocenters. The maximum atomic E-state index is 13.6. The third-order valence-electron chi connectivity index (χ3n) is 6.40. The van der Waals surface area contributed by atoms with Crippen molar-refractivity contribution < 1.29 is 9.59 Å². The van der Waals surface area contributed by atoms with Gasteiger partial charge in [0.2, 0.25) is 5.91 Å². The van der Waals surface area contributed by atoms with E-state index < -0.39 is 6.04 Å². The van der Waals surface area contributed by atoms with E-state index in [9.17, 15) is 9.59 Å². The molecule has 1 atom stereocenters. The zero-order valence-corrected chi connectivity index (χ0v) is 18.8. The van der Waals surface area contributed by atoms with Crippen molar-refractivity contribution in [3.05, 3.63) is 120 Å². The van der Waals surface area contributed by atoms with Crippen LogP contribution >= 0.6 is 0 Å². The summed E-state index contributed by atoms with van der Waals surface area (Å²) >= 11 is 0. The van der Waals surface area contributed by atoms with Crippen molar-refractivity contribution in [2.24, 2.45) is 0 Å². The number of benzene rings is 3. The van der Waals surface area contributed by atoms with Gasteiger partial charge in [-0.05, 0) is 35.4 Å². The number of hydrogen-bond acceptors (Lipinski definition) is 3. The minimum atomic E-state index is -0.412. The Morgan fingerprint density at radius 2 is 1.69 bits per heavy atom. The van der Waals surface area contributed by atoms with Gasteiger partial charge >= 0.3 is 0 Å². The van der Waals surface area contributed by atoms with Gasteiger partial charge in [0.25, 0.3) is 5.91 Å². The Bertz CT molecular complexity index is 1540. The summed E-state index contributed by atoms with van der Waals surface area (Å²) < 4.78 is 0. The Hall–Kier alpha value is -4.71. The number of aromatic nitrogens is 2. The first-order chi connectivity index (χ1) is 17.2. The second kappa shape index (κ2) is 8.57. The molecule has 3 aromatic carbocycles. The third kappa shape index (κ3) is 3.65. The molecule has 0 bridgehead atoms. The predicted octanol–water partition coefficient (Wildman–Crippen LogP) is 5.41. The lowest BCUT2D eigenvalue weighted by molar-refractivity contribution is -0.117. The fourth-order valence-electron chi connectivity index (χ4n) is 4.92. The fraction of sp³-hybridized carbons (Fsp3) is 0.0690. The van der Waals surface area contributed by atoms with E-state index in [4.69, 9.17) is 0 Å². The average Bonchev–Trinajstić information content (AvgIpc) is 3.40. The molecule has 0 saturated carbocycles. The molecule has 170 valence electrons. The van der Waals surface area contributed by atoms with Gasteiger partial charge in [-0.2, -0.15) is 0 Å². The number of para-hydroxylation sites is 1. The number of H-pyrrole nitrogens is 1. The Labute approximate surface area is 202 Å². The normalized spacial score (nSPS) is 14.8.